The summed E-state index contributed by atoms with van der Waals surface area (Å²) in [6.07, 6.45) is -4.55. The quantitative estimate of drug-likeness (QED) is 0.798. The van der Waals surface area contributed by atoms with E-state index in [1.54, 1.807) is 0 Å². The lowest BCUT2D eigenvalue weighted by Gasteiger charge is -2.14. The summed E-state index contributed by atoms with van der Waals surface area (Å²) in [4.78, 5) is 11.4. The van der Waals surface area contributed by atoms with Gasteiger partial charge in [0.2, 0.25) is 0 Å². The van der Waals surface area contributed by atoms with Crippen LogP contribution in [-0.2, 0) is 22.3 Å². The van der Waals surface area contributed by atoms with Crippen LogP contribution in [-0.4, -0.2) is 20.2 Å². The molecule has 1 aromatic rings. The normalized spacial score (nSPS) is 11.4. The Morgan fingerprint density at radius 2 is 1.94 bits per heavy atom. The number of methoxy groups -OCH3 is 2. The van der Waals surface area contributed by atoms with E-state index in [-0.39, 0.29) is 16.6 Å². The molecule has 0 aliphatic rings. The van der Waals surface area contributed by atoms with Crippen molar-refractivity contribution in [1.82, 2.24) is 0 Å². The lowest BCUT2D eigenvalue weighted by molar-refractivity contribution is -0.138. The second-order valence-corrected chi connectivity index (χ2v) is 4.27. The number of carbonyl (C=O) groups excluding carboxylic acids is 1. The van der Waals surface area contributed by atoms with Crippen molar-refractivity contribution in [1.29, 1.82) is 0 Å². The Bertz CT molecular complexity index is 458. The van der Waals surface area contributed by atoms with E-state index in [0.717, 1.165) is 13.2 Å². The molecule has 0 aliphatic heterocycles. The summed E-state index contributed by atoms with van der Waals surface area (Å²) >= 11 is 2.83. The number of alkyl halides is 3. The van der Waals surface area contributed by atoms with E-state index in [4.69, 9.17) is 4.74 Å². The first-order valence-corrected chi connectivity index (χ1v) is 5.57. The number of benzene rings is 1. The van der Waals surface area contributed by atoms with Gasteiger partial charge in [0.15, 0.2) is 0 Å². The fraction of sp³-hybridized carbons (Fsp3) is 0.364. The molecular formula is C11H10BrF3O3. The van der Waals surface area contributed by atoms with Crippen molar-refractivity contribution in [2.24, 2.45) is 0 Å². The summed E-state index contributed by atoms with van der Waals surface area (Å²) in [5, 5.41) is 0. The first-order valence-electron chi connectivity index (χ1n) is 4.78. The molecule has 0 fully saturated rings. The largest absolute Gasteiger partial charge is 0.465 e. The second kappa shape index (κ2) is 5.71. The Morgan fingerprint density at radius 3 is 2.39 bits per heavy atom. The molecule has 0 saturated carbocycles. The Labute approximate surface area is 110 Å². The molecule has 0 aliphatic carbocycles. The van der Waals surface area contributed by atoms with Crippen LogP contribution >= 0.6 is 15.9 Å². The van der Waals surface area contributed by atoms with Crippen LogP contribution in [0.5, 0.6) is 0 Å². The van der Waals surface area contributed by atoms with Crippen molar-refractivity contribution in [3.63, 3.8) is 0 Å². The Kier molecular flexibility index (Phi) is 4.75. The minimum Gasteiger partial charge on any atom is -0.465 e. The number of esters is 1. The number of ether oxygens (including phenoxy) is 2. The second-order valence-electron chi connectivity index (χ2n) is 3.41. The van der Waals surface area contributed by atoms with E-state index in [1.165, 1.54) is 13.2 Å². The van der Waals surface area contributed by atoms with Gasteiger partial charge in [-0.25, -0.2) is 4.79 Å². The zero-order chi connectivity index (χ0) is 13.9. The molecule has 0 bridgehead atoms. The molecule has 7 heteroatoms. The molecule has 0 unspecified atom stereocenters. The molecule has 1 rings (SSSR count). The number of halogens is 4. The fourth-order valence-corrected chi connectivity index (χ4v) is 2.02. The Balaban J connectivity index is 3.40. The topological polar surface area (TPSA) is 35.5 Å². The summed E-state index contributed by atoms with van der Waals surface area (Å²) in [7, 11) is 2.49. The molecule has 100 valence electrons. The lowest BCUT2D eigenvalue weighted by atomic mass is 10.0. The SMILES string of the molecule is COCc1cc(Br)c(C(F)(F)F)cc1C(=O)OC. The van der Waals surface area contributed by atoms with Gasteiger partial charge >= 0.3 is 12.1 Å². The van der Waals surface area contributed by atoms with Crippen molar-refractivity contribution in [2.75, 3.05) is 14.2 Å². The average molecular weight is 327 g/mol. The number of hydrogen-bond donors (Lipinski definition) is 0. The molecule has 0 spiro atoms. The highest BCUT2D eigenvalue weighted by molar-refractivity contribution is 9.10. The van der Waals surface area contributed by atoms with E-state index in [0.29, 0.717) is 5.56 Å². The average Bonchev–Trinajstić information content (AvgIpc) is 2.27. The molecule has 3 nitrogen and oxygen atoms in total. The monoisotopic (exact) mass is 326 g/mol. The van der Waals surface area contributed by atoms with E-state index < -0.39 is 17.7 Å². The molecule has 0 aromatic heterocycles. The molecule has 0 saturated heterocycles. The van der Waals surface area contributed by atoms with Crippen LogP contribution in [0.15, 0.2) is 16.6 Å². The van der Waals surface area contributed by atoms with Gasteiger partial charge in [-0.05, 0) is 17.7 Å². The predicted octanol–water partition coefficient (Wildman–Crippen LogP) is 3.40. The molecule has 18 heavy (non-hydrogen) atoms. The predicted molar refractivity (Wildman–Crippen MR) is 61.2 cm³/mol. The number of rotatable bonds is 3. The molecule has 1 aromatic carbocycles. The third-order valence-corrected chi connectivity index (χ3v) is 2.86. The van der Waals surface area contributed by atoms with Gasteiger partial charge in [0.05, 0.1) is 24.8 Å². The van der Waals surface area contributed by atoms with Gasteiger partial charge in [0.1, 0.15) is 0 Å². The summed E-state index contributed by atoms with van der Waals surface area (Å²) in [6.45, 7) is 0.0151. The van der Waals surface area contributed by atoms with Crippen LogP contribution in [0.1, 0.15) is 21.5 Å². The highest BCUT2D eigenvalue weighted by atomic mass is 79.9. The third kappa shape index (κ3) is 3.23. The lowest BCUT2D eigenvalue weighted by Crippen LogP contribution is -2.12. The van der Waals surface area contributed by atoms with Crippen molar-refractivity contribution in [3.8, 4) is 0 Å². The van der Waals surface area contributed by atoms with Crippen molar-refractivity contribution < 1.29 is 27.4 Å². The minimum absolute atomic E-state index is 0.0151. The number of hydrogen-bond acceptors (Lipinski definition) is 3. The smallest absolute Gasteiger partial charge is 0.417 e. The molecule has 0 N–H and O–H groups in total. The molecule has 0 atom stereocenters. The number of carbonyl (C=O) groups is 1. The van der Waals surface area contributed by atoms with Crippen LogP contribution in [0.2, 0.25) is 0 Å². The van der Waals surface area contributed by atoms with E-state index in [9.17, 15) is 18.0 Å². The standard InChI is InChI=1S/C11H10BrF3O3/c1-17-5-6-3-9(12)8(11(13,14)15)4-7(6)10(16)18-2/h3-4H,5H2,1-2H3. The van der Waals surface area contributed by atoms with Gasteiger partial charge in [0.25, 0.3) is 0 Å². The van der Waals surface area contributed by atoms with Crippen LogP contribution < -0.4 is 0 Å². The first kappa shape index (κ1) is 15.0. The van der Waals surface area contributed by atoms with E-state index in [1.807, 2.05) is 0 Å². The van der Waals surface area contributed by atoms with Gasteiger partial charge in [-0.15, -0.1) is 0 Å². The van der Waals surface area contributed by atoms with Gasteiger partial charge in [0, 0.05) is 11.6 Å². The van der Waals surface area contributed by atoms with Gasteiger partial charge in [-0.3, -0.25) is 0 Å². The highest BCUT2D eigenvalue weighted by Gasteiger charge is 2.34. The van der Waals surface area contributed by atoms with E-state index >= 15 is 0 Å². The van der Waals surface area contributed by atoms with E-state index in [2.05, 4.69) is 20.7 Å². The van der Waals surface area contributed by atoms with Crippen molar-refractivity contribution >= 4 is 21.9 Å². The maximum atomic E-state index is 12.7. The molecule has 0 amide bonds. The van der Waals surface area contributed by atoms with Crippen molar-refractivity contribution in [3.05, 3.63) is 33.3 Å². The van der Waals surface area contributed by atoms with Gasteiger partial charge in [-0.2, -0.15) is 13.2 Å². The summed E-state index contributed by atoms with van der Waals surface area (Å²) < 4.78 is 47.2. The fourth-order valence-electron chi connectivity index (χ4n) is 1.41. The molecule has 0 radical (unpaired) electrons. The first-order chi connectivity index (χ1) is 8.31. The maximum absolute atomic E-state index is 12.7. The van der Waals surface area contributed by atoms with Crippen LogP contribution in [0.25, 0.3) is 0 Å². The Morgan fingerprint density at radius 1 is 1.33 bits per heavy atom. The summed E-state index contributed by atoms with van der Waals surface area (Å²) in [6, 6.07) is 1.96. The zero-order valence-electron chi connectivity index (χ0n) is 9.60. The summed E-state index contributed by atoms with van der Waals surface area (Å²) in [5.74, 6) is -0.833. The zero-order valence-corrected chi connectivity index (χ0v) is 11.2. The highest BCUT2D eigenvalue weighted by Crippen LogP contribution is 2.36. The third-order valence-electron chi connectivity index (χ3n) is 2.20. The summed E-state index contributed by atoms with van der Waals surface area (Å²) in [5.41, 5.74) is -0.762. The molecule has 0 heterocycles. The minimum atomic E-state index is -4.55. The Hall–Kier alpha value is -1.08. The van der Waals surface area contributed by atoms with Crippen LogP contribution in [0.4, 0.5) is 13.2 Å². The van der Waals surface area contributed by atoms with Gasteiger partial charge < -0.3 is 9.47 Å². The van der Waals surface area contributed by atoms with Crippen molar-refractivity contribution in [2.45, 2.75) is 12.8 Å². The maximum Gasteiger partial charge on any atom is 0.417 e. The van der Waals surface area contributed by atoms with Gasteiger partial charge in [-0.1, -0.05) is 15.9 Å². The van der Waals surface area contributed by atoms with Crippen LogP contribution in [0, 0.1) is 0 Å². The molecular weight excluding hydrogens is 317 g/mol. The van der Waals surface area contributed by atoms with Crippen LogP contribution in [0.3, 0.4) is 0 Å².